The zero-order chi connectivity index (χ0) is 19.7. The molecular weight excluding hydrogens is 358 g/mol. The summed E-state index contributed by atoms with van der Waals surface area (Å²) in [6.07, 6.45) is 4.81. The van der Waals surface area contributed by atoms with Crippen LogP contribution >= 0.6 is 0 Å². The van der Waals surface area contributed by atoms with Gasteiger partial charge in [0.2, 0.25) is 0 Å². The number of carbonyl (C=O) groups is 3. The van der Waals surface area contributed by atoms with E-state index in [1.807, 2.05) is 6.07 Å². The van der Waals surface area contributed by atoms with E-state index >= 15 is 0 Å². The van der Waals surface area contributed by atoms with Crippen LogP contribution in [0.2, 0.25) is 0 Å². The van der Waals surface area contributed by atoms with Gasteiger partial charge in [-0.3, -0.25) is 14.5 Å². The lowest BCUT2D eigenvalue weighted by Crippen LogP contribution is -2.50. The van der Waals surface area contributed by atoms with Crippen LogP contribution in [0.15, 0.2) is 30.3 Å². The lowest BCUT2D eigenvalue weighted by molar-refractivity contribution is -0.133. The van der Waals surface area contributed by atoms with Crippen LogP contribution in [0.5, 0.6) is 0 Å². The summed E-state index contributed by atoms with van der Waals surface area (Å²) in [6, 6.07) is 7.90. The number of nitrogens with one attached hydrogen (secondary N) is 1. The number of nitrogens with zero attached hydrogens (tertiary/aromatic N) is 2. The molecule has 4 amide bonds. The molecule has 1 aliphatic carbocycles. The van der Waals surface area contributed by atoms with Crippen molar-refractivity contribution >= 4 is 17.8 Å². The lowest BCUT2D eigenvalue weighted by Gasteiger charge is -2.33. The van der Waals surface area contributed by atoms with Crippen LogP contribution in [-0.2, 0) is 9.59 Å². The van der Waals surface area contributed by atoms with Crippen molar-refractivity contribution in [3.8, 4) is 0 Å². The summed E-state index contributed by atoms with van der Waals surface area (Å²) in [7, 11) is 0. The highest BCUT2D eigenvalue weighted by Crippen LogP contribution is 2.32. The fourth-order valence-corrected chi connectivity index (χ4v) is 4.69. The fraction of sp³-hybridized carbons (Fsp3) is 0.571. The van der Waals surface area contributed by atoms with Gasteiger partial charge in [-0.1, -0.05) is 49.6 Å². The van der Waals surface area contributed by atoms with Crippen LogP contribution in [-0.4, -0.2) is 57.4 Å². The van der Waals surface area contributed by atoms with Crippen molar-refractivity contribution in [2.24, 2.45) is 0 Å². The third kappa shape index (κ3) is 3.51. The van der Waals surface area contributed by atoms with Gasteiger partial charge in [0.25, 0.3) is 11.8 Å². The average molecular weight is 385 g/mol. The van der Waals surface area contributed by atoms with E-state index in [9.17, 15) is 19.5 Å². The number of benzene rings is 1. The van der Waals surface area contributed by atoms with Gasteiger partial charge in [0, 0.05) is 18.6 Å². The number of aliphatic hydroxyl groups excluding tert-OH is 1. The molecule has 2 aliphatic heterocycles. The van der Waals surface area contributed by atoms with Gasteiger partial charge >= 0.3 is 6.03 Å². The first-order valence-corrected chi connectivity index (χ1v) is 10.2. The Hall–Kier alpha value is -2.41. The Balaban J connectivity index is 1.39. The normalized spacial score (nSPS) is 26.9. The standard InChI is InChI=1S/C21H27N3O4/c25-18(14-7-3-1-4-8-14)19(26)22-15-11-12-23-17(13-15)20(27)24(21(23)28)16-9-5-2-6-10-16/h1,3-4,7-8,15-18,25H,2,5-6,9-13H2,(H,22,26)/t15-,17-,18-/m0/s1. The molecule has 3 fully saturated rings. The van der Waals surface area contributed by atoms with Gasteiger partial charge in [-0.15, -0.1) is 0 Å². The van der Waals surface area contributed by atoms with Gasteiger partial charge in [0.15, 0.2) is 6.10 Å². The Kier molecular flexibility index (Phi) is 5.35. The fourth-order valence-electron chi connectivity index (χ4n) is 4.69. The molecule has 0 radical (unpaired) electrons. The van der Waals surface area contributed by atoms with E-state index in [-0.39, 0.29) is 24.0 Å². The second kappa shape index (κ2) is 7.91. The molecule has 1 aromatic carbocycles. The minimum absolute atomic E-state index is 0.0206. The maximum absolute atomic E-state index is 12.9. The molecule has 7 nitrogen and oxygen atoms in total. The molecule has 7 heteroatoms. The number of fused-ring (bicyclic) bond motifs is 1. The highest BCUT2D eigenvalue weighted by molar-refractivity contribution is 6.04. The van der Waals surface area contributed by atoms with Crippen molar-refractivity contribution in [2.45, 2.75) is 69.2 Å². The molecule has 1 aromatic rings. The molecule has 150 valence electrons. The number of urea groups is 1. The van der Waals surface area contributed by atoms with Gasteiger partial charge < -0.3 is 15.3 Å². The number of aliphatic hydroxyl groups is 1. The predicted octanol–water partition coefficient (Wildman–Crippen LogP) is 1.96. The van der Waals surface area contributed by atoms with E-state index in [1.54, 1.807) is 29.2 Å². The van der Waals surface area contributed by atoms with Crippen molar-refractivity contribution in [3.05, 3.63) is 35.9 Å². The quantitative estimate of drug-likeness (QED) is 0.776. The van der Waals surface area contributed by atoms with Crippen molar-refractivity contribution in [2.75, 3.05) is 6.54 Å². The molecular formula is C21H27N3O4. The van der Waals surface area contributed by atoms with E-state index in [0.717, 1.165) is 32.1 Å². The lowest BCUT2D eigenvalue weighted by atomic mass is 9.93. The van der Waals surface area contributed by atoms with Crippen molar-refractivity contribution in [1.82, 2.24) is 15.1 Å². The van der Waals surface area contributed by atoms with Crippen molar-refractivity contribution in [3.63, 3.8) is 0 Å². The molecule has 3 aliphatic rings. The van der Waals surface area contributed by atoms with E-state index in [4.69, 9.17) is 0 Å². The van der Waals surface area contributed by atoms with E-state index < -0.39 is 18.1 Å². The Bertz CT molecular complexity index is 747. The summed E-state index contributed by atoms with van der Waals surface area (Å²) in [6.45, 7) is 0.449. The predicted molar refractivity (Wildman–Crippen MR) is 102 cm³/mol. The number of amides is 4. The molecule has 28 heavy (non-hydrogen) atoms. The van der Waals surface area contributed by atoms with E-state index in [2.05, 4.69) is 5.32 Å². The van der Waals surface area contributed by atoms with Gasteiger partial charge in [-0.05, 0) is 31.2 Å². The summed E-state index contributed by atoms with van der Waals surface area (Å²) in [5.41, 5.74) is 0.535. The summed E-state index contributed by atoms with van der Waals surface area (Å²) in [5.74, 6) is -0.593. The monoisotopic (exact) mass is 385 g/mol. The Morgan fingerprint density at radius 1 is 1.07 bits per heavy atom. The maximum Gasteiger partial charge on any atom is 0.327 e. The minimum atomic E-state index is -1.24. The molecule has 0 spiro atoms. The number of hydrogen-bond acceptors (Lipinski definition) is 4. The largest absolute Gasteiger partial charge is 0.378 e. The Morgan fingerprint density at radius 3 is 2.50 bits per heavy atom. The zero-order valence-corrected chi connectivity index (χ0v) is 15.9. The summed E-state index contributed by atoms with van der Waals surface area (Å²) < 4.78 is 0. The van der Waals surface area contributed by atoms with Crippen LogP contribution < -0.4 is 5.32 Å². The van der Waals surface area contributed by atoms with Crippen LogP contribution in [0.4, 0.5) is 4.79 Å². The smallest absolute Gasteiger partial charge is 0.327 e. The molecule has 2 N–H and O–H groups in total. The van der Waals surface area contributed by atoms with Crippen molar-refractivity contribution < 1.29 is 19.5 Å². The molecule has 0 aromatic heterocycles. The highest BCUT2D eigenvalue weighted by Gasteiger charge is 2.50. The highest BCUT2D eigenvalue weighted by atomic mass is 16.3. The Labute approximate surface area is 164 Å². The summed E-state index contributed by atoms with van der Waals surface area (Å²) in [5, 5.41) is 13.1. The van der Waals surface area contributed by atoms with Gasteiger partial charge in [0.05, 0.1) is 0 Å². The summed E-state index contributed by atoms with van der Waals surface area (Å²) in [4.78, 5) is 41.3. The maximum atomic E-state index is 12.9. The molecule has 4 rings (SSSR count). The van der Waals surface area contributed by atoms with Crippen LogP contribution in [0, 0.1) is 0 Å². The third-order valence-corrected chi connectivity index (χ3v) is 6.23. The number of hydrogen-bond donors (Lipinski definition) is 2. The zero-order valence-electron chi connectivity index (χ0n) is 15.9. The molecule has 0 bridgehead atoms. The molecule has 2 saturated heterocycles. The number of rotatable bonds is 4. The number of piperidine rings is 1. The van der Waals surface area contributed by atoms with Crippen LogP contribution in [0.3, 0.4) is 0 Å². The van der Waals surface area contributed by atoms with Gasteiger partial charge in [-0.25, -0.2) is 4.79 Å². The minimum Gasteiger partial charge on any atom is -0.378 e. The molecule has 2 heterocycles. The first-order valence-electron chi connectivity index (χ1n) is 10.2. The SMILES string of the molecule is O=C(N[C@H]1CCN2C(=O)N(C3CCCCC3)C(=O)[C@@H]2C1)[C@@H](O)c1ccccc1. The van der Waals surface area contributed by atoms with Crippen LogP contribution in [0.1, 0.15) is 56.6 Å². The van der Waals surface area contributed by atoms with Crippen molar-refractivity contribution in [1.29, 1.82) is 0 Å². The molecule has 1 saturated carbocycles. The van der Waals surface area contributed by atoms with E-state index in [1.165, 1.54) is 4.90 Å². The third-order valence-electron chi connectivity index (χ3n) is 6.23. The molecule has 0 unspecified atom stereocenters. The van der Waals surface area contributed by atoms with E-state index in [0.29, 0.717) is 24.9 Å². The van der Waals surface area contributed by atoms with Gasteiger partial charge in [-0.2, -0.15) is 0 Å². The Morgan fingerprint density at radius 2 is 1.79 bits per heavy atom. The second-order valence-corrected chi connectivity index (χ2v) is 8.03. The summed E-state index contributed by atoms with van der Waals surface area (Å²) >= 11 is 0. The molecule has 3 atom stereocenters. The topological polar surface area (TPSA) is 90.0 Å². The average Bonchev–Trinajstić information content (AvgIpc) is 2.98. The van der Waals surface area contributed by atoms with Gasteiger partial charge in [0.1, 0.15) is 6.04 Å². The van der Waals surface area contributed by atoms with Crippen LogP contribution in [0.25, 0.3) is 0 Å². The number of imide groups is 1. The second-order valence-electron chi connectivity index (χ2n) is 8.03. The number of carbonyl (C=O) groups excluding carboxylic acids is 3. The first-order chi connectivity index (χ1) is 13.6. The first kappa shape index (κ1) is 18.9.